The van der Waals surface area contributed by atoms with Gasteiger partial charge in [0.2, 0.25) is 0 Å². The van der Waals surface area contributed by atoms with Gasteiger partial charge in [-0.15, -0.1) is 11.3 Å². The van der Waals surface area contributed by atoms with E-state index in [0.29, 0.717) is 21.6 Å². The molecule has 0 saturated carbocycles. The minimum Gasteiger partial charge on any atom is -0.337 e. The molecular formula is C19H21NO3S2. The summed E-state index contributed by atoms with van der Waals surface area (Å²) in [6, 6.07) is 8.87. The molecule has 6 heteroatoms. The lowest BCUT2D eigenvalue weighted by Crippen LogP contribution is -2.42. The molecule has 2 aromatic rings. The van der Waals surface area contributed by atoms with Gasteiger partial charge in [0.25, 0.3) is 5.91 Å². The van der Waals surface area contributed by atoms with E-state index >= 15 is 0 Å². The standard InChI is InChI=1S/C19H21NO3S2/c1-12-7-13(2)10-20(9-12)19(21)16-8-14-11-25(22,23)17-6-4-3-5-15(17)18(14)24-16/h3-6,8,12-13H,7,9-11H2,1-2H3/t12-,13-/m0/s1. The number of benzene rings is 1. The van der Waals surface area contributed by atoms with Crippen molar-refractivity contribution in [3.05, 3.63) is 40.8 Å². The fourth-order valence-electron chi connectivity index (χ4n) is 4.06. The van der Waals surface area contributed by atoms with E-state index in [9.17, 15) is 13.2 Å². The van der Waals surface area contributed by atoms with Crippen LogP contribution in [0.2, 0.25) is 0 Å². The van der Waals surface area contributed by atoms with Gasteiger partial charge < -0.3 is 4.90 Å². The Bertz CT molecular complexity index is 935. The number of rotatable bonds is 1. The molecule has 0 radical (unpaired) electrons. The van der Waals surface area contributed by atoms with Gasteiger partial charge in [-0.2, -0.15) is 0 Å². The fraction of sp³-hybridized carbons (Fsp3) is 0.421. The lowest BCUT2D eigenvalue weighted by molar-refractivity contribution is 0.0628. The number of nitrogens with zero attached hydrogens (tertiary/aromatic N) is 1. The summed E-state index contributed by atoms with van der Waals surface area (Å²) in [5.41, 5.74) is 1.48. The first kappa shape index (κ1) is 16.8. The minimum absolute atomic E-state index is 0.0179. The molecule has 0 unspecified atom stereocenters. The van der Waals surface area contributed by atoms with Crippen LogP contribution >= 0.6 is 11.3 Å². The third-order valence-corrected chi connectivity index (χ3v) is 7.90. The first-order valence-corrected chi connectivity index (χ1v) is 11.1. The third kappa shape index (κ3) is 2.91. The molecule has 1 saturated heterocycles. The molecule has 4 nitrogen and oxygen atoms in total. The SMILES string of the molecule is C[C@H]1C[C@H](C)CN(C(=O)c2cc3c(s2)-c2ccccc2S(=O)(=O)C3)C1. The number of fused-ring (bicyclic) bond motifs is 3. The monoisotopic (exact) mass is 375 g/mol. The van der Waals surface area contributed by atoms with Crippen LogP contribution in [-0.2, 0) is 15.6 Å². The largest absolute Gasteiger partial charge is 0.337 e. The number of carbonyl (C=O) groups excluding carboxylic acids is 1. The van der Waals surface area contributed by atoms with Crippen molar-refractivity contribution in [2.24, 2.45) is 11.8 Å². The summed E-state index contributed by atoms with van der Waals surface area (Å²) in [6.07, 6.45) is 1.15. The number of sulfone groups is 1. The summed E-state index contributed by atoms with van der Waals surface area (Å²) in [4.78, 5) is 16.8. The molecule has 1 fully saturated rings. The highest BCUT2D eigenvalue weighted by Gasteiger charge is 2.32. The van der Waals surface area contributed by atoms with Crippen LogP contribution in [0.25, 0.3) is 10.4 Å². The molecular weight excluding hydrogens is 354 g/mol. The number of thiophene rings is 1. The van der Waals surface area contributed by atoms with E-state index < -0.39 is 9.84 Å². The molecule has 2 aliphatic rings. The van der Waals surface area contributed by atoms with Crippen molar-refractivity contribution in [2.45, 2.75) is 30.9 Å². The highest BCUT2D eigenvalue weighted by molar-refractivity contribution is 7.91. The molecule has 0 bridgehead atoms. The zero-order valence-electron chi connectivity index (χ0n) is 14.4. The molecule has 0 N–H and O–H groups in total. The number of likely N-dealkylation sites (tertiary alicyclic amines) is 1. The maximum absolute atomic E-state index is 13.0. The summed E-state index contributed by atoms with van der Waals surface area (Å²) < 4.78 is 25.0. The van der Waals surface area contributed by atoms with Crippen molar-refractivity contribution in [3.63, 3.8) is 0 Å². The van der Waals surface area contributed by atoms with Crippen molar-refractivity contribution in [3.8, 4) is 10.4 Å². The van der Waals surface area contributed by atoms with Gasteiger partial charge >= 0.3 is 0 Å². The molecule has 1 amide bonds. The Labute approximate surface area is 152 Å². The maximum Gasteiger partial charge on any atom is 0.263 e. The predicted octanol–water partition coefficient (Wildman–Crippen LogP) is 3.82. The van der Waals surface area contributed by atoms with Crippen molar-refractivity contribution < 1.29 is 13.2 Å². The lowest BCUT2D eigenvalue weighted by atomic mass is 9.92. The molecule has 4 rings (SSSR count). The number of hydrogen-bond donors (Lipinski definition) is 0. The Kier molecular flexibility index (Phi) is 4.00. The van der Waals surface area contributed by atoms with Crippen molar-refractivity contribution in [1.82, 2.24) is 4.90 Å². The molecule has 2 atom stereocenters. The molecule has 132 valence electrons. The summed E-state index contributed by atoms with van der Waals surface area (Å²) in [5.74, 6) is 1.02. The van der Waals surface area contributed by atoms with Crippen LogP contribution in [0.5, 0.6) is 0 Å². The summed E-state index contributed by atoms with van der Waals surface area (Å²) in [5, 5.41) is 0. The summed E-state index contributed by atoms with van der Waals surface area (Å²) in [7, 11) is -3.33. The normalized spacial score (nSPS) is 24.5. The van der Waals surface area contributed by atoms with Crippen molar-refractivity contribution in [1.29, 1.82) is 0 Å². The Balaban J connectivity index is 1.72. The van der Waals surface area contributed by atoms with E-state index in [1.165, 1.54) is 11.3 Å². The Morgan fingerprint density at radius 2 is 1.84 bits per heavy atom. The zero-order chi connectivity index (χ0) is 17.8. The van der Waals surface area contributed by atoms with Gasteiger partial charge in [-0.3, -0.25) is 4.79 Å². The molecule has 2 aliphatic heterocycles. The van der Waals surface area contributed by atoms with Crippen LogP contribution in [-0.4, -0.2) is 32.3 Å². The van der Waals surface area contributed by atoms with E-state index in [1.54, 1.807) is 18.2 Å². The smallest absolute Gasteiger partial charge is 0.263 e. The molecule has 25 heavy (non-hydrogen) atoms. The molecule has 0 aliphatic carbocycles. The predicted molar refractivity (Wildman–Crippen MR) is 99.5 cm³/mol. The van der Waals surface area contributed by atoms with E-state index in [1.807, 2.05) is 17.0 Å². The third-order valence-electron chi connectivity index (χ3n) is 4.99. The quantitative estimate of drug-likeness (QED) is 0.761. The van der Waals surface area contributed by atoms with Crippen LogP contribution in [0.1, 0.15) is 35.5 Å². The maximum atomic E-state index is 13.0. The Morgan fingerprint density at radius 1 is 1.16 bits per heavy atom. The van der Waals surface area contributed by atoms with Crippen LogP contribution in [0.15, 0.2) is 35.2 Å². The van der Waals surface area contributed by atoms with Gasteiger partial charge in [0.05, 0.1) is 15.5 Å². The molecule has 3 heterocycles. The second kappa shape index (κ2) is 5.95. The van der Waals surface area contributed by atoms with Gasteiger partial charge in [0, 0.05) is 23.5 Å². The van der Waals surface area contributed by atoms with E-state index in [2.05, 4.69) is 13.8 Å². The minimum atomic E-state index is -3.33. The highest BCUT2D eigenvalue weighted by atomic mass is 32.2. The first-order chi connectivity index (χ1) is 11.8. The first-order valence-electron chi connectivity index (χ1n) is 8.59. The van der Waals surface area contributed by atoms with Crippen LogP contribution in [0.3, 0.4) is 0 Å². The van der Waals surface area contributed by atoms with Crippen molar-refractivity contribution >= 4 is 27.1 Å². The topological polar surface area (TPSA) is 54.5 Å². The average Bonchev–Trinajstić information content (AvgIpc) is 2.96. The molecule has 0 spiro atoms. The van der Waals surface area contributed by atoms with Gasteiger partial charge in [-0.05, 0) is 36.0 Å². The Morgan fingerprint density at radius 3 is 2.56 bits per heavy atom. The zero-order valence-corrected chi connectivity index (χ0v) is 16.0. The van der Waals surface area contributed by atoms with Gasteiger partial charge in [0.1, 0.15) is 0 Å². The molecule has 1 aromatic carbocycles. The van der Waals surface area contributed by atoms with Gasteiger partial charge in [-0.25, -0.2) is 8.42 Å². The second-order valence-corrected chi connectivity index (χ2v) is 10.4. The highest BCUT2D eigenvalue weighted by Crippen LogP contribution is 2.43. The van der Waals surface area contributed by atoms with Crippen LogP contribution < -0.4 is 0 Å². The van der Waals surface area contributed by atoms with Crippen LogP contribution in [0.4, 0.5) is 0 Å². The number of carbonyl (C=O) groups is 1. The molecule has 1 aromatic heterocycles. The summed E-state index contributed by atoms with van der Waals surface area (Å²) >= 11 is 1.43. The van der Waals surface area contributed by atoms with E-state index in [-0.39, 0.29) is 11.7 Å². The van der Waals surface area contributed by atoms with Gasteiger partial charge in [0.15, 0.2) is 9.84 Å². The number of hydrogen-bond acceptors (Lipinski definition) is 4. The number of amides is 1. The summed E-state index contributed by atoms with van der Waals surface area (Å²) in [6.45, 7) is 5.91. The van der Waals surface area contributed by atoms with Crippen molar-refractivity contribution in [2.75, 3.05) is 13.1 Å². The average molecular weight is 376 g/mol. The Hall–Kier alpha value is -1.66. The fourth-order valence-corrected chi connectivity index (χ4v) is 6.99. The van der Waals surface area contributed by atoms with Gasteiger partial charge in [-0.1, -0.05) is 32.0 Å². The van der Waals surface area contributed by atoms with E-state index in [4.69, 9.17) is 0 Å². The number of piperidine rings is 1. The van der Waals surface area contributed by atoms with E-state index in [0.717, 1.165) is 35.5 Å². The lowest BCUT2D eigenvalue weighted by Gasteiger charge is -2.34. The second-order valence-electron chi connectivity index (χ2n) is 7.38. The van der Waals surface area contributed by atoms with Crippen LogP contribution in [0, 0.1) is 11.8 Å².